The third-order valence-corrected chi connectivity index (χ3v) is 8.12. The highest BCUT2D eigenvalue weighted by Crippen LogP contribution is 2.66. The number of aliphatic hydroxyl groups is 2. The molecule has 2 bridgehead atoms. The van der Waals surface area contributed by atoms with E-state index >= 15 is 0 Å². The van der Waals surface area contributed by atoms with Crippen LogP contribution in [0.25, 0.3) is 0 Å². The molecule has 2 N–H and O–H groups in total. The van der Waals surface area contributed by atoms with Crippen molar-refractivity contribution in [3.05, 3.63) is 60.2 Å². The average molecular weight is 440 g/mol. The van der Waals surface area contributed by atoms with Gasteiger partial charge in [0.2, 0.25) is 0 Å². The smallest absolute Gasteiger partial charge is 0.334 e. The summed E-state index contributed by atoms with van der Waals surface area (Å²) >= 11 is 0. The third kappa shape index (κ3) is 2.71. The van der Waals surface area contributed by atoms with E-state index < -0.39 is 59.2 Å². The molecule has 8 atom stereocenters. The predicted octanol–water partition coefficient (Wildman–Crippen LogP) is 2.02. The Hall–Kier alpha value is -2.48. The summed E-state index contributed by atoms with van der Waals surface area (Å²) in [5.41, 5.74) is -0.255. The lowest BCUT2D eigenvalue weighted by Crippen LogP contribution is -2.73. The maximum absolute atomic E-state index is 12.7. The van der Waals surface area contributed by atoms with E-state index in [1.807, 2.05) is 30.3 Å². The molecule has 2 aliphatic carbocycles. The van der Waals surface area contributed by atoms with E-state index in [1.165, 1.54) is 0 Å². The number of fused-ring (bicyclic) bond motifs is 1. The SMILES string of the molecule is C=C(C)C(=O)O[C@H]1C[C@@]23[C@H](O)CC[C@](c4ccccc4)(CO[C@@H]2O)[C@@H]3[C@@H]2OC(=O)C(=C)[C@H]21. The third-order valence-electron chi connectivity index (χ3n) is 8.12. The molecule has 2 heterocycles. The van der Waals surface area contributed by atoms with E-state index in [-0.39, 0.29) is 24.2 Å². The van der Waals surface area contributed by atoms with Crippen LogP contribution in [0.2, 0.25) is 0 Å². The largest absolute Gasteiger partial charge is 0.458 e. The van der Waals surface area contributed by atoms with E-state index in [2.05, 4.69) is 13.2 Å². The lowest BCUT2D eigenvalue weighted by atomic mass is 9.43. The van der Waals surface area contributed by atoms with E-state index in [0.29, 0.717) is 12.8 Å². The maximum atomic E-state index is 12.7. The van der Waals surface area contributed by atoms with Gasteiger partial charge in [0.1, 0.15) is 12.2 Å². The summed E-state index contributed by atoms with van der Waals surface area (Å²) in [6, 6.07) is 9.84. The van der Waals surface area contributed by atoms with Gasteiger partial charge in [0.05, 0.1) is 24.0 Å². The minimum absolute atomic E-state index is 0.129. The number of esters is 2. The molecular formula is C25H28O7. The van der Waals surface area contributed by atoms with Crippen LogP contribution in [-0.4, -0.2) is 53.4 Å². The van der Waals surface area contributed by atoms with Crippen molar-refractivity contribution in [2.75, 3.05) is 6.61 Å². The van der Waals surface area contributed by atoms with Gasteiger partial charge in [0, 0.05) is 22.5 Å². The van der Waals surface area contributed by atoms with Crippen LogP contribution in [0.3, 0.4) is 0 Å². The quantitative estimate of drug-likeness (QED) is 0.548. The zero-order chi connectivity index (χ0) is 22.8. The van der Waals surface area contributed by atoms with Gasteiger partial charge in [-0.3, -0.25) is 0 Å². The standard InChI is InChI=1S/C25H28O7/c1-13(2)21(27)31-16-11-25-17(26)9-10-24(12-30-23(25)29,15-7-5-4-6-8-15)20(25)19-18(16)14(3)22(28)32-19/h4-8,16-20,23,26,29H,1,3,9-12H2,2H3/t16-,17+,18-,19+,20-,23-,24+,25-/m0/s1. The van der Waals surface area contributed by atoms with Crippen molar-refractivity contribution in [2.24, 2.45) is 17.3 Å². The average Bonchev–Trinajstić information content (AvgIpc) is 3.08. The normalized spacial score (nSPS) is 42.5. The van der Waals surface area contributed by atoms with E-state index in [0.717, 1.165) is 5.56 Å². The fraction of sp³-hybridized carbons (Fsp3) is 0.520. The van der Waals surface area contributed by atoms with Crippen LogP contribution >= 0.6 is 0 Å². The van der Waals surface area contributed by atoms with Gasteiger partial charge in [-0.1, -0.05) is 43.5 Å². The Balaban J connectivity index is 1.68. The van der Waals surface area contributed by atoms with Gasteiger partial charge in [-0.05, 0) is 31.7 Å². The Bertz CT molecular complexity index is 969. The van der Waals surface area contributed by atoms with Gasteiger partial charge in [0.25, 0.3) is 0 Å². The molecule has 2 saturated carbocycles. The zero-order valence-electron chi connectivity index (χ0n) is 18.0. The number of aliphatic hydroxyl groups excluding tert-OH is 2. The van der Waals surface area contributed by atoms with Crippen molar-refractivity contribution >= 4 is 11.9 Å². The van der Waals surface area contributed by atoms with Crippen LogP contribution in [0.1, 0.15) is 31.7 Å². The van der Waals surface area contributed by atoms with E-state index in [1.54, 1.807) is 6.92 Å². The van der Waals surface area contributed by atoms with Crippen LogP contribution in [0.15, 0.2) is 54.6 Å². The molecule has 170 valence electrons. The van der Waals surface area contributed by atoms with Crippen molar-refractivity contribution in [1.29, 1.82) is 0 Å². The minimum Gasteiger partial charge on any atom is -0.458 e. The summed E-state index contributed by atoms with van der Waals surface area (Å²) in [7, 11) is 0. The Morgan fingerprint density at radius 1 is 1.25 bits per heavy atom. The summed E-state index contributed by atoms with van der Waals surface area (Å²) in [6.07, 6.45) is -2.54. The number of hydrogen-bond donors (Lipinski definition) is 2. The zero-order valence-corrected chi connectivity index (χ0v) is 18.0. The molecule has 1 aromatic carbocycles. The molecule has 1 aromatic rings. The van der Waals surface area contributed by atoms with Gasteiger partial charge >= 0.3 is 11.9 Å². The van der Waals surface area contributed by atoms with Crippen LogP contribution < -0.4 is 0 Å². The number of benzene rings is 1. The molecule has 0 aromatic heterocycles. The highest BCUT2D eigenvalue weighted by molar-refractivity contribution is 5.91. The monoisotopic (exact) mass is 440 g/mol. The molecule has 0 amide bonds. The molecule has 2 aliphatic heterocycles. The van der Waals surface area contributed by atoms with E-state index in [4.69, 9.17) is 14.2 Å². The number of carbonyl (C=O) groups is 2. The number of hydrogen-bond acceptors (Lipinski definition) is 7. The van der Waals surface area contributed by atoms with Crippen LogP contribution in [0.5, 0.6) is 0 Å². The first-order chi connectivity index (χ1) is 15.2. The molecule has 7 nitrogen and oxygen atoms in total. The van der Waals surface area contributed by atoms with Crippen molar-refractivity contribution < 1.29 is 34.0 Å². The molecule has 5 rings (SSSR count). The second-order valence-corrected chi connectivity index (χ2v) is 9.68. The first-order valence-corrected chi connectivity index (χ1v) is 11.0. The predicted molar refractivity (Wildman–Crippen MR) is 113 cm³/mol. The molecule has 0 spiro atoms. The van der Waals surface area contributed by atoms with Crippen molar-refractivity contribution in [1.82, 2.24) is 0 Å². The summed E-state index contributed by atoms with van der Waals surface area (Å²) in [5, 5.41) is 22.4. The molecule has 2 saturated heterocycles. The summed E-state index contributed by atoms with van der Waals surface area (Å²) < 4.78 is 17.5. The van der Waals surface area contributed by atoms with Crippen molar-refractivity contribution in [3.8, 4) is 0 Å². The van der Waals surface area contributed by atoms with Crippen molar-refractivity contribution in [3.63, 3.8) is 0 Å². The fourth-order valence-electron chi connectivity index (χ4n) is 6.71. The highest BCUT2D eigenvalue weighted by atomic mass is 16.6. The molecule has 32 heavy (non-hydrogen) atoms. The summed E-state index contributed by atoms with van der Waals surface area (Å²) in [5.74, 6) is -2.13. The van der Waals surface area contributed by atoms with E-state index in [9.17, 15) is 19.8 Å². The topological polar surface area (TPSA) is 102 Å². The number of rotatable bonds is 3. The Kier molecular flexibility index (Phi) is 4.85. The lowest BCUT2D eigenvalue weighted by molar-refractivity contribution is -0.334. The Morgan fingerprint density at radius 3 is 2.66 bits per heavy atom. The summed E-state index contributed by atoms with van der Waals surface area (Å²) in [4.78, 5) is 25.1. The second kappa shape index (κ2) is 7.27. The second-order valence-electron chi connectivity index (χ2n) is 9.68. The van der Waals surface area contributed by atoms with Crippen LogP contribution in [0.4, 0.5) is 0 Å². The van der Waals surface area contributed by atoms with Gasteiger partial charge in [-0.15, -0.1) is 0 Å². The highest BCUT2D eigenvalue weighted by Gasteiger charge is 2.74. The molecule has 0 radical (unpaired) electrons. The van der Waals surface area contributed by atoms with Gasteiger partial charge < -0.3 is 24.4 Å². The Morgan fingerprint density at radius 2 is 1.97 bits per heavy atom. The van der Waals surface area contributed by atoms with Gasteiger partial charge in [-0.25, -0.2) is 9.59 Å². The summed E-state index contributed by atoms with van der Waals surface area (Å²) in [6.45, 7) is 9.37. The van der Waals surface area contributed by atoms with Crippen LogP contribution in [0, 0.1) is 17.3 Å². The number of ether oxygens (including phenoxy) is 3. The maximum Gasteiger partial charge on any atom is 0.334 e. The first-order valence-electron chi connectivity index (χ1n) is 11.0. The molecular weight excluding hydrogens is 412 g/mol. The van der Waals surface area contributed by atoms with Crippen molar-refractivity contribution in [2.45, 2.75) is 56.2 Å². The lowest BCUT2D eigenvalue weighted by Gasteiger charge is -2.66. The Labute approximate surface area is 186 Å². The molecule has 4 aliphatic rings. The van der Waals surface area contributed by atoms with Gasteiger partial charge in [-0.2, -0.15) is 0 Å². The molecule has 0 unspecified atom stereocenters. The molecule has 4 fully saturated rings. The number of carbonyl (C=O) groups excluding carboxylic acids is 2. The minimum atomic E-state index is -1.29. The first kappa shape index (κ1) is 21.4. The van der Waals surface area contributed by atoms with Gasteiger partial charge in [0.15, 0.2) is 6.29 Å². The fourth-order valence-corrected chi connectivity index (χ4v) is 6.71. The molecule has 7 heteroatoms. The van der Waals surface area contributed by atoms with Crippen LogP contribution in [-0.2, 0) is 29.2 Å².